The summed E-state index contributed by atoms with van der Waals surface area (Å²) >= 11 is 0. The third kappa shape index (κ3) is 4.00. The van der Waals surface area contributed by atoms with Crippen LogP contribution in [-0.4, -0.2) is 33.7 Å². The number of hydrogen-bond acceptors (Lipinski definition) is 3. The standard InChI is InChI=1S/C23H31N3O2/c1-17(2)14-22(27)25-12-7-6-10-21(25)23-19-16-28-13-11-20(19)26(24-23)15-18-8-4-3-5-9-18/h3-5,8-9,17,21H,6-7,10-16H2,1-2H3. The first kappa shape index (κ1) is 19.2. The van der Waals surface area contributed by atoms with Crippen LogP contribution in [0.3, 0.4) is 0 Å². The summed E-state index contributed by atoms with van der Waals surface area (Å²) in [5.74, 6) is 0.644. The fourth-order valence-electron chi connectivity index (χ4n) is 4.47. The van der Waals surface area contributed by atoms with Crippen LogP contribution in [-0.2, 0) is 29.1 Å². The third-order valence-corrected chi connectivity index (χ3v) is 5.82. The van der Waals surface area contributed by atoms with Crippen molar-refractivity contribution < 1.29 is 9.53 Å². The number of ether oxygens (including phenoxy) is 1. The quantitative estimate of drug-likeness (QED) is 0.783. The lowest BCUT2D eigenvalue weighted by Gasteiger charge is -2.36. The number of carbonyl (C=O) groups excluding carboxylic acids is 1. The molecular weight excluding hydrogens is 350 g/mol. The van der Waals surface area contributed by atoms with Crippen molar-refractivity contribution in [2.45, 2.75) is 65.1 Å². The van der Waals surface area contributed by atoms with Gasteiger partial charge in [0, 0.05) is 30.6 Å². The van der Waals surface area contributed by atoms with Crippen LogP contribution in [0, 0.1) is 5.92 Å². The molecule has 1 fully saturated rings. The SMILES string of the molecule is CC(C)CC(=O)N1CCCCC1c1nn(Cc2ccccc2)c2c1COCC2. The first-order valence-electron chi connectivity index (χ1n) is 10.6. The van der Waals surface area contributed by atoms with Crippen molar-refractivity contribution in [1.82, 2.24) is 14.7 Å². The fraction of sp³-hybridized carbons (Fsp3) is 0.565. The maximum absolute atomic E-state index is 12.9. The van der Waals surface area contributed by atoms with E-state index in [-0.39, 0.29) is 11.9 Å². The van der Waals surface area contributed by atoms with Crippen LogP contribution >= 0.6 is 0 Å². The predicted molar refractivity (Wildman–Crippen MR) is 109 cm³/mol. The molecule has 1 unspecified atom stereocenters. The Hall–Kier alpha value is -2.14. The molecule has 2 aliphatic rings. The summed E-state index contributed by atoms with van der Waals surface area (Å²) in [7, 11) is 0. The van der Waals surface area contributed by atoms with Gasteiger partial charge in [0.15, 0.2) is 0 Å². The maximum atomic E-state index is 12.9. The first-order chi connectivity index (χ1) is 13.6. The lowest BCUT2D eigenvalue weighted by molar-refractivity contribution is -0.136. The van der Waals surface area contributed by atoms with Gasteiger partial charge >= 0.3 is 0 Å². The van der Waals surface area contributed by atoms with E-state index in [1.54, 1.807) is 0 Å². The smallest absolute Gasteiger partial charge is 0.223 e. The molecule has 4 rings (SSSR count). The van der Waals surface area contributed by atoms with Crippen LogP contribution < -0.4 is 0 Å². The second-order valence-electron chi connectivity index (χ2n) is 8.45. The van der Waals surface area contributed by atoms with Crippen molar-refractivity contribution in [2.75, 3.05) is 13.2 Å². The minimum absolute atomic E-state index is 0.0903. The van der Waals surface area contributed by atoms with Gasteiger partial charge < -0.3 is 9.64 Å². The Bertz CT molecular complexity index is 813. The van der Waals surface area contributed by atoms with Crippen molar-refractivity contribution in [2.24, 2.45) is 5.92 Å². The number of amides is 1. The summed E-state index contributed by atoms with van der Waals surface area (Å²) in [5, 5.41) is 5.07. The summed E-state index contributed by atoms with van der Waals surface area (Å²) in [6, 6.07) is 10.6. The van der Waals surface area contributed by atoms with Crippen LogP contribution in [0.25, 0.3) is 0 Å². The van der Waals surface area contributed by atoms with Gasteiger partial charge in [-0.05, 0) is 30.7 Å². The van der Waals surface area contributed by atoms with Crippen LogP contribution in [0.2, 0.25) is 0 Å². The van der Waals surface area contributed by atoms with Gasteiger partial charge in [0.2, 0.25) is 5.91 Å². The molecule has 1 saturated heterocycles. The highest BCUT2D eigenvalue weighted by atomic mass is 16.5. The molecule has 1 amide bonds. The second-order valence-corrected chi connectivity index (χ2v) is 8.45. The molecule has 0 N–H and O–H groups in total. The van der Waals surface area contributed by atoms with E-state index < -0.39 is 0 Å². The van der Waals surface area contributed by atoms with E-state index in [4.69, 9.17) is 9.84 Å². The van der Waals surface area contributed by atoms with Crippen molar-refractivity contribution in [3.63, 3.8) is 0 Å². The molecule has 28 heavy (non-hydrogen) atoms. The van der Waals surface area contributed by atoms with Crippen LogP contribution in [0.1, 0.15) is 68.1 Å². The molecule has 1 aromatic heterocycles. The van der Waals surface area contributed by atoms with Gasteiger partial charge in [0.1, 0.15) is 0 Å². The van der Waals surface area contributed by atoms with E-state index in [1.807, 2.05) is 6.07 Å². The van der Waals surface area contributed by atoms with Gasteiger partial charge in [-0.25, -0.2) is 0 Å². The molecule has 1 atom stereocenters. The van der Waals surface area contributed by atoms with Gasteiger partial charge in [0.05, 0.1) is 31.5 Å². The zero-order chi connectivity index (χ0) is 19.5. The number of piperidine rings is 1. The Balaban J connectivity index is 1.67. The average Bonchev–Trinajstić information content (AvgIpc) is 3.07. The van der Waals surface area contributed by atoms with E-state index in [9.17, 15) is 4.79 Å². The second kappa shape index (κ2) is 8.48. The largest absolute Gasteiger partial charge is 0.376 e. The Morgan fingerprint density at radius 1 is 1.25 bits per heavy atom. The monoisotopic (exact) mass is 381 g/mol. The van der Waals surface area contributed by atoms with Crippen molar-refractivity contribution in [1.29, 1.82) is 0 Å². The fourth-order valence-corrected chi connectivity index (χ4v) is 4.47. The first-order valence-corrected chi connectivity index (χ1v) is 10.6. The Labute approximate surface area is 167 Å². The number of nitrogens with zero attached hydrogens (tertiary/aromatic N) is 3. The molecule has 5 heteroatoms. The summed E-state index contributed by atoms with van der Waals surface area (Å²) in [5.41, 5.74) is 4.83. The van der Waals surface area contributed by atoms with Gasteiger partial charge in [-0.3, -0.25) is 9.48 Å². The molecule has 5 nitrogen and oxygen atoms in total. The Morgan fingerprint density at radius 2 is 2.07 bits per heavy atom. The summed E-state index contributed by atoms with van der Waals surface area (Å²) in [6.07, 6.45) is 4.74. The van der Waals surface area contributed by atoms with E-state index in [1.165, 1.54) is 16.8 Å². The van der Waals surface area contributed by atoms with E-state index in [0.717, 1.165) is 51.1 Å². The normalized spacial score (nSPS) is 19.7. The number of benzene rings is 1. The molecule has 1 aromatic carbocycles. The number of carbonyl (C=O) groups is 1. The van der Waals surface area contributed by atoms with Crippen molar-refractivity contribution in [3.8, 4) is 0 Å². The zero-order valence-corrected chi connectivity index (χ0v) is 17.1. The van der Waals surface area contributed by atoms with Crippen molar-refractivity contribution >= 4 is 5.91 Å². The summed E-state index contributed by atoms with van der Waals surface area (Å²) in [4.78, 5) is 15.0. The Morgan fingerprint density at radius 3 is 2.86 bits per heavy atom. The average molecular weight is 382 g/mol. The van der Waals surface area contributed by atoms with Gasteiger partial charge in [-0.1, -0.05) is 44.2 Å². The lowest BCUT2D eigenvalue weighted by atomic mass is 9.94. The van der Waals surface area contributed by atoms with Crippen LogP contribution in [0.4, 0.5) is 0 Å². The molecular formula is C23H31N3O2. The molecule has 0 radical (unpaired) electrons. The summed E-state index contributed by atoms with van der Waals surface area (Å²) < 4.78 is 7.95. The molecule has 0 bridgehead atoms. The molecule has 0 aliphatic carbocycles. The molecule has 150 valence electrons. The number of likely N-dealkylation sites (tertiary alicyclic amines) is 1. The third-order valence-electron chi connectivity index (χ3n) is 5.82. The van der Waals surface area contributed by atoms with Gasteiger partial charge in [0.25, 0.3) is 0 Å². The van der Waals surface area contributed by atoms with E-state index >= 15 is 0 Å². The molecule has 0 spiro atoms. The van der Waals surface area contributed by atoms with E-state index in [0.29, 0.717) is 18.9 Å². The number of fused-ring (bicyclic) bond motifs is 1. The van der Waals surface area contributed by atoms with Crippen molar-refractivity contribution in [3.05, 3.63) is 52.8 Å². The number of rotatable bonds is 5. The highest BCUT2D eigenvalue weighted by molar-refractivity contribution is 5.77. The zero-order valence-electron chi connectivity index (χ0n) is 17.1. The molecule has 2 aromatic rings. The van der Waals surface area contributed by atoms with Gasteiger partial charge in [-0.15, -0.1) is 0 Å². The highest BCUT2D eigenvalue weighted by Gasteiger charge is 2.34. The lowest BCUT2D eigenvalue weighted by Crippen LogP contribution is -2.39. The number of aromatic nitrogens is 2. The number of hydrogen-bond donors (Lipinski definition) is 0. The topological polar surface area (TPSA) is 47.4 Å². The minimum Gasteiger partial charge on any atom is -0.376 e. The molecule has 3 heterocycles. The predicted octanol–water partition coefficient (Wildman–Crippen LogP) is 4.10. The highest BCUT2D eigenvalue weighted by Crippen LogP contribution is 2.36. The van der Waals surface area contributed by atoms with E-state index in [2.05, 4.69) is 47.7 Å². The van der Waals surface area contributed by atoms with Gasteiger partial charge in [-0.2, -0.15) is 5.10 Å². The minimum atomic E-state index is 0.0903. The molecule has 0 saturated carbocycles. The summed E-state index contributed by atoms with van der Waals surface area (Å²) in [6.45, 7) is 7.20. The van der Waals surface area contributed by atoms with Crippen LogP contribution in [0.5, 0.6) is 0 Å². The Kier molecular flexibility index (Phi) is 5.81. The molecule has 2 aliphatic heterocycles. The maximum Gasteiger partial charge on any atom is 0.223 e. The van der Waals surface area contributed by atoms with Crippen LogP contribution in [0.15, 0.2) is 30.3 Å².